The van der Waals surface area contributed by atoms with E-state index in [9.17, 15) is 9.59 Å². The SMILES string of the molecule is CC(C)(C)OC(=O)NCCC(=O)N(CCCN1CCOCC1)Cc1ccncc1. The van der Waals surface area contributed by atoms with Crippen LogP contribution in [0.15, 0.2) is 24.5 Å². The van der Waals surface area contributed by atoms with Gasteiger partial charge in [0.1, 0.15) is 5.60 Å². The molecular formula is C21H34N4O4. The minimum atomic E-state index is -0.555. The fourth-order valence-electron chi connectivity index (χ4n) is 3.05. The summed E-state index contributed by atoms with van der Waals surface area (Å²) in [6.45, 7) is 11.3. The molecule has 2 rings (SSSR count). The lowest BCUT2D eigenvalue weighted by Gasteiger charge is -2.28. The minimum Gasteiger partial charge on any atom is -0.444 e. The van der Waals surface area contributed by atoms with Crippen molar-refractivity contribution < 1.29 is 19.1 Å². The molecule has 0 radical (unpaired) electrons. The topological polar surface area (TPSA) is 84.0 Å². The zero-order valence-corrected chi connectivity index (χ0v) is 17.9. The monoisotopic (exact) mass is 406 g/mol. The highest BCUT2D eigenvalue weighted by atomic mass is 16.6. The van der Waals surface area contributed by atoms with Crippen LogP contribution in [-0.4, -0.2) is 78.3 Å². The van der Waals surface area contributed by atoms with E-state index in [1.165, 1.54) is 0 Å². The Labute approximate surface area is 173 Å². The number of nitrogens with one attached hydrogen (secondary N) is 1. The molecule has 0 aliphatic carbocycles. The van der Waals surface area contributed by atoms with Gasteiger partial charge in [-0.3, -0.25) is 14.7 Å². The van der Waals surface area contributed by atoms with Gasteiger partial charge in [0.25, 0.3) is 0 Å². The molecule has 29 heavy (non-hydrogen) atoms. The van der Waals surface area contributed by atoms with Crippen molar-refractivity contribution in [2.24, 2.45) is 0 Å². The Balaban J connectivity index is 1.82. The van der Waals surface area contributed by atoms with Gasteiger partial charge in [0.15, 0.2) is 0 Å². The van der Waals surface area contributed by atoms with Crippen molar-refractivity contribution in [1.29, 1.82) is 0 Å². The van der Waals surface area contributed by atoms with Gasteiger partial charge >= 0.3 is 6.09 Å². The number of ether oxygens (including phenoxy) is 2. The first-order valence-corrected chi connectivity index (χ1v) is 10.3. The van der Waals surface area contributed by atoms with Gasteiger partial charge in [-0.05, 0) is 44.9 Å². The van der Waals surface area contributed by atoms with Gasteiger partial charge in [0.05, 0.1) is 13.2 Å². The largest absolute Gasteiger partial charge is 0.444 e. The van der Waals surface area contributed by atoms with E-state index in [-0.39, 0.29) is 18.9 Å². The van der Waals surface area contributed by atoms with Crippen LogP contribution in [-0.2, 0) is 20.8 Å². The van der Waals surface area contributed by atoms with Crippen LogP contribution in [0, 0.1) is 0 Å². The Kier molecular flexibility index (Phi) is 9.34. The molecule has 162 valence electrons. The van der Waals surface area contributed by atoms with E-state index in [0.717, 1.165) is 44.8 Å². The van der Waals surface area contributed by atoms with E-state index >= 15 is 0 Å². The molecular weight excluding hydrogens is 372 g/mol. The number of alkyl carbamates (subject to hydrolysis) is 1. The third-order valence-corrected chi connectivity index (χ3v) is 4.49. The fraction of sp³-hybridized carbons (Fsp3) is 0.667. The number of morpholine rings is 1. The Morgan fingerprint density at radius 1 is 1.24 bits per heavy atom. The number of hydrogen-bond donors (Lipinski definition) is 1. The van der Waals surface area contributed by atoms with Gasteiger partial charge in [-0.15, -0.1) is 0 Å². The van der Waals surface area contributed by atoms with Gasteiger partial charge in [-0.25, -0.2) is 4.79 Å². The van der Waals surface area contributed by atoms with Crippen LogP contribution < -0.4 is 5.32 Å². The molecule has 2 amide bonds. The average Bonchev–Trinajstić information content (AvgIpc) is 2.67. The molecule has 0 saturated carbocycles. The van der Waals surface area contributed by atoms with E-state index in [2.05, 4.69) is 15.2 Å². The van der Waals surface area contributed by atoms with E-state index in [1.807, 2.05) is 37.8 Å². The zero-order valence-electron chi connectivity index (χ0n) is 17.9. The second-order valence-electron chi connectivity index (χ2n) is 8.16. The number of nitrogens with zero attached hydrogens (tertiary/aromatic N) is 3. The summed E-state index contributed by atoms with van der Waals surface area (Å²) in [6.07, 6.45) is 4.10. The Hall–Kier alpha value is -2.19. The van der Waals surface area contributed by atoms with Crippen molar-refractivity contribution in [2.45, 2.75) is 45.8 Å². The maximum atomic E-state index is 12.8. The second kappa shape index (κ2) is 11.7. The number of carbonyl (C=O) groups is 2. The van der Waals surface area contributed by atoms with Crippen molar-refractivity contribution in [3.63, 3.8) is 0 Å². The van der Waals surface area contributed by atoms with Crippen LogP contribution in [0.1, 0.15) is 39.2 Å². The van der Waals surface area contributed by atoms with Crippen LogP contribution in [0.2, 0.25) is 0 Å². The Morgan fingerprint density at radius 2 is 1.93 bits per heavy atom. The molecule has 1 saturated heterocycles. The zero-order chi connectivity index (χ0) is 21.1. The molecule has 2 heterocycles. The molecule has 8 heteroatoms. The highest BCUT2D eigenvalue weighted by Crippen LogP contribution is 2.09. The lowest BCUT2D eigenvalue weighted by molar-refractivity contribution is -0.131. The summed E-state index contributed by atoms with van der Waals surface area (Å²) < 4.78 is 10.6. The van der Waals surface area contributed by atoms with E-state index in [4.69, 9.17) is 9.47 Å². The first kappa shape index (κ1) is 23.1. The van der Waals surface area contributed by atoms with Gasteiger partial charge in [-0.1, -0.05) is 0 Å². The third-order valence-electron chi connectivity index (χ3n) is 4.49. The van der Waals surface area contributed by atoms with Crippen LogP contribution in [0.3, 0.4) is 0 Å². The first-order valence-electron chi connectivity index (χ1n) is 10.3. The highest BCUT2D eigenvalue weighted by Gasteiger charge is 2.18. The first-order chi connectivity index (χ1) is 13.8. The normalized spacial score (nSPS) is 15.0. The summed E-state index contributed by atoms with van der Waals surface area (Å²) in [5, 5.41) is 2.66. The molecule has 1 aliphatic rings. The number of aromatic nitrogens is 1. The van der Waals surface area contributed by atoms with Crippen molar-refractivity contribution in [3.05, 3.63) is 30.1 Å². The fourth-order valence-corrected chi connectivity index (χ4v) is 3.05. The molecule has 0 bridgehead atoms. The smallest absolute Gasteiger partial charge is 0.407 e. The summed E-state index contributed by atoms with van der Waals surface area (Å²) in [5.41, 5.74) is 0.487. The van der Waals surface area contributed by atoms with Crippen molar-refractivity contribution in [2.75, 3.05) is 45.9 Å². The molecule has 1 aromatic rings. The molecule has 8 nitrogen and oxygen atoms in total. The second-order valence-corrected chi connectivity index (χ2v) is 8.16. The minimum absolute atomic E-state index is 0.0137. The van der Waals surface area contributed by atoms with Gasteiger partial charge in [-0.2, -0.15) is 0 Å². The molecule has 0 unspecified atom stereocenters. The van der Waals surface area contributed by atoms with Crippen LogP contribution >= 0.6 is 0 Å². The van der Waals surface area contributed by atoms with E-state index in [1.54, 1.807) is 12.4 Å². The summed E-state index contributed by atoms with van der Waals surface area (Å²) in [7, 11) is 0. The summed E-state index contributed by atoms with van der Waals surface area (Å²) in [4.78, 5) is 32.8. The lowest BCUT2D eigenvalue weighted by atomic mass is 10.2. The predicted molar refractivity (Wildman–Crippen MR) is 110 cm³/mol. The van der Waals surface area contributed by atoms with E-state index < -0.39 is 11.7 Å². The van der Waals surface area contributed by atoms with Crippen LogP contribution in [0.5, 0.6) is 0 Å². The molecule has 0 spiro atoms. The standard InChI is InChI=1S/C21H34N4O4/c1-21(2,3)29-20(27)23-10-7-19(26)25(17-18-5-8-22-9-6-18)12-4-11-24-13-15-28-16-14-24/h5-6,8-9H,4,7,10-17H2,1-3H3,(H,23,27). The number of amides is 2. The van der Waals surface area contributed by atoms with Crippen LogP contribution in [0.4, 0.5) is 4.79 Å². The quantitative estimate of drug-likeness (QED) is 0.676. The molecule has 1 aromatic heterocycles. The predicted octanol–water partition coefficient (Wildman–Crippen LogP) is 2.05. The van der Waals surface area contributed by atoms with E-state index in [0.29, 0.717) is 13.1 Å². The number of rotatable bonds is 9. The van der Waals surface area contributed by atoms with Crippen molar-refractivity contribution in [1.82, 2.24) is 20.1 Å². The Morgan fingerprint density at radius 3 is 2.59 bits per heavy atom. The lowest BCUT2D eigenvalue weighted by Crippen LogP contribution is -2.40. The van der Waals surface area contributed by atoms with Gasteiger partial charge in [0, 0.05) is 58.1 Å². The summed E-state index contributed by atoms with van der Waals surface area (Å²) >= 11 is 0. The Bertz CT molecular complexity index is 627. The summed E-state index contributed by atoms with van der Waals surface area (Å²) in [6, 6.07) is 3.84. The van der Waals surface area contributed by atoms with Crippen molar-refractivity contribution >= 4 is 12.0 Å². The summed E-state index contributed by atoms with van der Waals surface area (Å²) in [5.74, 6) is 0.0137. The molecule has 1 fully saturated rings. The number of pyridine rings is 1. The molecule has 1 N–H and O–H groups in total. The number of carbonyl (C=O) groups excluding carboxylic acids is 2. The van der Waals surface area contributed by atoms with Gasteiger partial charge in [0.2, 0.25) is 5.91 Å². The average molecular weight is 407 g/mol. The number of hydrogen-bond acceptors (Lipinski definition) is 6. The molecule has 0 atom stereocenters. The van der Waals surface area contributed by atoms with Crippen LogP contribution in [0.25, 0.3) is 0 Å². The molecule has 0 aromatic carbocycles. The highest BCUT2D eigenvalue weighted by molar-refractivity contribution is 5.77. The maximum absolute atomic E-state index is 12.8. The maximum Gasteiger partial charge on any atom is 0.407 e. The van der Waals surface area contributed by atoms with Crippen molar-refractivity contribution in [3.8, 4) is 0 Å². The third kappa shape index (κ3) is 9.71. The van der Waals surface area contributed by atoms with Gasteiger partial charge < -0.3 is 19.7 Å². The molecule has 1 aliphatic heterocycles.